The Labute approximate surface area is 118 Å². The molecule has 0 spiro atoms. The maximum Gasteiger partial charge on any atom is 0.415 e. The molecule has 3 N–H and O–H groups in total. The van der Waals surface area contributed by atoms with Crippen LogP contribution >= 0.6 is 0 Å². The van der Waals surface area contributed by atoms with Gasteiger partial charge in [0.1, 0.15) is 12.1 Å². The number of rotatable bonds is 4. The summed E-state index contributed by atoms with van der Waals surface area (Å²) in [6.45, 7) is 5.09. The topological polar surface area (TPSA) is 92.9 Å². The third-order valence-corrected chi connectivity index (χ3v) is 2.39. The van der Waals surface area contributed by atoms with E-state index in [-0.39, 0.29) is 0 Å². The molecule has 6 nitrogen and oxygen atoms in total. The Balaban J connectivity index is 2.98. The van der Waals surface area contributed by atoms with Crippen molar-refractivity contribution < 1.29 is 19.4 Å². The van der Waals surface area contributed by atoms with Crippen molar-refractivity contribution in [3.05, 3.63) is 29.8 Å². The number of nitrogens with zero attached hydrogens (tertiary/aromatic N) is 1. The molecule has 1 aromatic carbocycles. The summed E-state index contributed by atoms with van der Waals surface area (Å²) in [6, 6.07) is 6.78. The highest BCUT2D eigenvalue weighted by atomic mass is 16.6. The van der Waals surface area contributed by atoms with E-state index in [2.05, 4.69) is 0 Å². The van der Waals surface area contributed by atoms with Gasteiger partial charge in [-0.2, -0.15) is 0 Å². The first-order valence-corrected chi connectivity index (χ1v) is 6.24. The van der Waals surface area contributed by atoms with E-state index >= 15 is 0 Å². The molecule has 1 rings (SSSR count). The predicted molar refractivity (Wildman–Crippen MR) is 75.5 cm³/mol. The van der Waals surface area contributed by atoms with Crippen LogP contribution in [0.15, 0.2) is 24.3 Å². The van der Waals surface area contributed by atoms with Crippen LogP contribution in [0.2, 0.25) is 0 Å². The van der Waals surface area contributed by atoms with Gasteiger partial charge in [-0.1, -0.05) is 12.1 Å². The maximum absolute atomic E-state index is 12.1. The smallest absolute Gasteiger partial charge is 0.415 e. The Hall–Kier alpha value is -2.08. The van der Waals surface area contributed by atoms with E-state index in [1.165, 1.54) is 0 Å². The molecule has 110 valence electrons. The molecule has 0 unspecified atom stereocenters. The first-order valence-electron chi connectivity index (χ1n) is 6.24. The highest BCUT2D eigenvalue weighted by Gasteiger charge is 2.25. The van der Waals surface area contributed by atoms with E-state index in [4.69, 9.17) is 15.6 Å². The normalized spacial score (nSPS) is 11.0. The SMILES string of the molecule is CC(C)(C)OC(=O)N(CC(=O)O)c1ccc(CN)cc1. The second-order valence-corrected chi connectivity index (χ2v) is 5.33. The largest absolute Gasteiger partial charge is 0.480 e. The lowest BCUT2D eigenvalue weighted by Crippen LogP contribution is -2.40. The molecule has 0 aliphatic rings. The van der Waals surface area contributed by atoms with Crippen LogP contribution in [-0.4, -0.2) is 29.3 Å². The summed E-state index contributed by atoms with van der Waals surface area (Å²) in [5.74, 6) is -1.11. The van der Waals surface area contributed by atoms with Crippen LogP contribution in [0, 0.1) is 0 Å². The van der Waals surface area contributed by atoms with E-state index in [0.29, 0.717) is 12.2 Å². The first-order chi connectivity index (χ1) is 9.23. The average molecular weight is 280 g/mol. The summed E-state index contributed by atoms with van der Waals surface area (Å²) >= 11 is 0. The van der Waals surface area contributed by atoms with Gasteiger partial charge in [0.25, 0.3) is 0 Å². The molecule has 0 saturated carbocycles. The van der Waals surface area contributed by atoms with Crippen LogP contribution in [0.25, 0.3) is 0 Å². The van der Waals surface area contributed by atoms with Crippen LogP contribution < -0.4 is 10.6 Å². The van der Waals surface area contributed by atoms with E-state index < -0.39 is 24.2 Å². The molecular weight excluding hydrogens is 260 g/mol. The molecule has 1 amide bonds. The first kappa shape index (κ1) is 16.0. The minimum atomic E-state index is -1.11. The van der Waals surface area contributed by atoms with Crippen molar-refractivity contribution in [2.24, 2.45) is 5.73 Å². The summed E-state index contributed by atoms with van der Waals surface area (Å²) < 4.78 is 5.21. The molecule has 1 aromatic rings. The number of amides is 1. The van der Waals surface area contributed by atoms with Crippen LogP contribution in [0.1, 0.15) is 26.3 Å². The molecule has 0 heterocycles. The van der Waals surface area contributed by atoms with Gasteiger partial charge in [-0.3, -0.25) is 9.69 Å². The molecule has 0 aromatic heterocycles. The monoisotopic (exact) mass is 280 g/mol. The number of ether oxygens (including phenoxy) is 1. The zero-order valence-corrected chi connectivity index (χ0v) is 11.9. The summed E-state index contributed by atoms with van der Waals surface area (Å²) in [7, 11) is 0. The van der Waals surface area contributed by atoms with Crippen molar-refractivity contribution in [1.82, 2.24) is 0 Å². The van der Waals surface area contributed by atoms with E-state index in [9.17, 15) is 9.59 Å². The molecule has 0 radical (unpaired) electrons. The fraction of sp³-hybridized carbons (Fsp3) is 0.429. The fourth-order valence-corrected chi connectivity index (χ4v) is 1.53. The van der Waals surface area contributed by atoms with E-state index in [1.54, 1.807) is 45.0 Å². The van der Waals surface area contributed by atoms with E-state index in [0.717, 1.165) is 10.5 Å². The molecule has 0 fully saturated rings. The van der Waals surface area contributed by atoms with Crippen molar-refractivity contribution in [3.63, 3.8) is 0 Å². The van der Waals surface area contributed by atoms with Crippen molar-refractivity contribution in [2.75, 3.05) is 11.4 Å². The molecule has 0 aliphatic carbocycles. The highest BCUT2D eigenvalue weighted by Crippen LogP contribution is 2.19. The average Bonchev–Trinajstić information content (AvgIpc) is 2.34. The second-order valence-electron chi connectivity index (χ2n) is 5.33. The maximum atomic E-state index is 12.1. The molecule has 0 atom stereocenters. The quantitative estimate of drug-likeness (QED) is 0.879. The molecule has 0 bridgehead atoms. The molecule has 0 aliphatic heterocycles. The number of carboxylic acid groups (broad SMARTS) is 1. The molecule has 6 heteroatoms. The van der Waals surface area contributed by atoms with Crippen LogP contribution in [0.3, 0.4) is 0 Å². The standard InChI is InChI=1S/C14H20N2O4/c1-14(2,3)20-13(19)16(9-12(17)18)11-6-4-10(8-15)5-7-11/h4-7H,8-9,15H2,1-3H3,(H,17,18). The van der Waals surface area contributed by atoms with Crippen molar-refractivity contribution in [3.8, 4) is 0 Å². The van der Waals surface area contributed by atoms with Gasteiger partial charge in [-0.05, 0) is 38.5 Å². The minimum absolute atomic E-state index is 0.381. The number of nitrogens with two attached hydrogens (primary N) is 1. The van der Waals surface area contributed by atoms with Gasteiger partial charge in [-0.15, -0.1) is 0 Å². The van der Waals surface area contributed by atoms with E-state index in [1.807, 2.05) is 0 Å². The fourth-order valence-electron chi connectivity index (χ4n) is 1.53. The lowest BCUT2D eigenvalue weighted by Gasteiger charge is -2.26. The van der Waals surface area contributed by atoms with Crippen molar-refractivity contribution in [2.45, 2.75) is 32.9 Å². The van der Waals surface area contributed by atoms with Gasteiger partial charge < -0.3 is 15.6 Å². The van der Waals surface area contributed by atoms with Gasteiger partial charge in [0, 0.05) is 12.2 Å². The lowest BCUT2D eigenvalue weighted by atomic mass is 10.2. The van der Waals surface area contributed by atoms with Crippen LogP contribution in [-0.2, 0) is 16.1 Å². The van der Waals surface area contributed by atoms with Crippen molar-refractivity contribution in [1.29, 1.82) is 0 Å². The van der Waals surface area contributed by atoms with Crippen molar-refractivity contribution >= 4 is 17.7 Å². The highest BCUT2D eigenvalue weighted by molar-refractivity contribution is 5.93. The van der Waals surface area contributed by atoms with Gasteiger partial charge in [0.2, 0.25) is 0 Å². The number of anilines is 1. The number of carbonyl (C=O) groups excluding carboxylic acids is 1. The number of carboxylic acids is 1. The Morgan fingerprint density at radius 3 is 2.20 bits per heavy atom. The van der Waals surface area contributed by atoms with Crippen LogP contribution in [0.4, 0.5) is 10.5 Å². The van der Waals surface area contributed by atoms with Gasteiger partial charge in [-0.25, -0.2) is 4.79 Å². The molecule has 20 heavy (non-hydrogen) atoms. The summed E-state index contributed by atoms with van der Waals surface area (Å²) in [4.78, 5) is 24.0. The number of aliphatic carboxylic acids is 1. The number of benzene rings is 1. The van der Waals surface area contributed by atoms with Gasteiger partial charge in [0.05, 0.1) is 0 Å². The van der Waals surface area contributed by atoms with Crippen LogP contribution in [0.5, 0.6) is 0 Å². The summed E-state index contributed by atoms with van der Waals surface area (Å²) in [5, 5.41) is 8.92. The lowest BCUT2D eigenvalue weighted by molar-refractivity contribution is -0.135. The zero-order chi connectivity index (χ0) is 15.3. The zero-order valence-electron chi connectivity index (χ0n) is 11.9. The number of hydrogen-bond acceptors (Lipinski definition) is 4. The Morgan fingerprint density at radius 1 is 1.25 bits per heavy atom. The van der Waals surface area contributed by atoms with Gasteiger partial charge >= 0.3 is 12.1 Å². The number of carbonyl (C=O) groups is 2. The number of hydrogen-bond donors (Lipinski definition) is 2. The Morgan fingerprint density at radius 2 is 1.80 bits per heavy atom. The second kappa shape index (κ2) is 6.38. The summed E-state index contributed by atoms with van der Waals surface area (Å²) in [5.41, 5.74) is 6.16. The molecular formula is C14H20N2O4. The Kier molecular flexibility index (Phi) is 5.10. The van der Waals surface area contributed by atoms with Gasteiger partial charge in [0.15, 0.2) is 0 Å². The third-order valence-electron chi connectivity index (χ3n) is 2.39. The Bertz CT molecular complexity index is 477. The summed E-state index contributed by atoms with van der Waals surface area (Å²) in [6.07, 6.45) is -0.694. The predicted octanol–water partition coefficient (Wildman–Crippen LogP) is 1.97. The third kappa shape index (κ3) is 4.89. The minimum Gasteiger partial charge on any atom is -0.480 e. The molecule has 0 saturated heterocycles.